The molecule has 0 bridgehead atoms. The Morgan fingerprint density at radius 3 is 2.61 bits per heavy atom. The Labute approximate surface area is 244 Å². The van der Waals surface area contributed by atoms with Gasteiger partial charge in [0.25, 0.3) is 5.91 Å². The van der Waals surface area contributed by atoms with Crippen molar-refractivity contribution in [1.82, 2.24) is 15.1 Å². The number of carbonyl (C=O) groups excluding carboxylic acids is 1. The molecule has 2 heterocycles. The lowest BCUT2D eigenvalue weighted by atomic mass is 9.95. The first kappa shape index (κ1) is 28.5. The number of aromatic amines is 1. The molecule has 8 nitrogen and oxygen atoms in total. The average molecular weight is 576 g/mol. The number of phenols is 1. The van der Waals surface area contributed by atoms with E-state index in [1.165, 1.54) is 6.07 Å². The highest BCUT2D eigenvalue weighted by Gasteiger charge is 2.42. The van der Waals surface area contributed by atoms with Gasteiger partial charge >= 0.3 is 0 Å². The number of hydrogen-bond acceptors (Lipinski definition) is 6. The Kier molecular flexibility index (Phi) is 8.81. The topological polar surface area (TPSA) is 96.9 Å². The summed E-state index contributed by atoms with van der Waals surface area (Å²) in [7, 11) is 0. The molecule has 0 radical (unpaired) electrons. The fourth-order valence-corrected chi connectivity index (χ4v) is 5.22. The number of aromatic hydroxyl groups is 1. The third-order valence-electron chi connectivity index (χ3n) is 6.89. The molecule has 1 aliphatic rings. The largest absolute Gasteiger partial charge is 0.507 e. The smallest absolute Gasteiger partial charge is 0.273 e. The summed E-state index contributed by atoms with van der Waals surface area (Å²) in [6.07, 6.45) is 0.763. The maximum Gasteiger partial charge on any atom is 0.273 e. The normalized spacial score (nSPS) is 14.5. The summed E-state index contributed by atoms with van der Waals surface area (Å²) >= 11 is 6.28. The number of hydrogen-bond donors (Lipinski definition) is 2. The second-order valence-corrected chi connectivity index (χ2v) is 10.5. The van der Waals surface area contributed by atoms with Crippen LogP contribution in [-0.2, 0) is 11.3 Å². The van der Waals surface area contributed by atoms with E-state index in [2.05, 4.69) is 10.2 Å². The summed E-state index contributed by atoms with van der Waals surface area (Å²) in [6, 6.07) is 20.0. The van der Waals surface area contributed by atoms with E-state index in [-0.39, 0.29) is 17.8 Å². The Balaban J connectivity index is 1.54. The zero-order valence-corrected chi connectivity index (χ0v) is 24.1. The van der Waals surface area contributed by atoms with Crippen LogP contribution in [0.3, 0.4) is 0 Å². The molecular weight excluding hydrogens is 542 g/mol. The number of phenolic OH excluding ortho intramolecular Hbond substituents is 1. The van der Waals surface area contributed by atoms with Crippen LogP contribution in [0.5, 0.6) is 17.2 Å². The van der Waals surface area contributed by atoms with Crippen molar-refractivity contribution in [2.45, 2.75) is 45.9 Å². The van der Waals surface area contributed by atoms with Crippen LogP contribution in [0.4, 0.5) is 0 Å². The quantitative estimate of drug-likeness (QED) is 0.181. The molecule has 3 aromatic carbocycles. The number of nitrogens with one attached hydrogen (secondary N) is 1. The van der Waals surface area contributed by atoms with Gasteiger partial charge in [-0.2, -0.15) is 5.10 Å². The number of carbonyl (C=O) groups is 1. The van der Waals surface area contributed by atoms with Crippen LogP contribution in [0.25, 0.3) is 11.3 Å². The van der Waals surface area contributed by atoms with Crippen molar-refractivity contribution in [1.29, 1.82) is 0 Å². The molecule has 4 aromatic rings. The summed E-state index contributed by atoms with van der Waals surface area (Å²) in [5.74, 6) is 1.05. The van der Waals surface area contributed by atoms with Crippen molar-refractivity contribution in [3.05, 3.63) is 94.1 Å². The lowest BCUT2D eigenvalue weighted by Gasteiger charge is -2.27. The van der Waals surface area contributed by atoms with Gasteiger partial charge in [-0.1, -0.05) is 48.0 Å². The zero-order valence-electron chi connectivity index (χ0n) is 23.4. The fraction of sp³-hybridized carbons (Fsp3) is 0.312. The monoisotopic (exact) mass is 575 g/mol. The van der Waals surface area contributed by atoms with Crippen LogP contribution < -0.4 is 9.47 Å². The van der Waals surface area contributed by atoms with Crippen LogP contribution in [0.2, 0.25) is 5.02 Å². The van der Waals surface area contributed by atoms with Crippen LogP contribution in [0.1, 0.15) is 60.4 Å². The molecule has 0 spiro atoms. The van der Waals surface area contributed by atoms with E-state index in [1.807, 2.05) is 74.2 Å². The van der Waals surface area contributed by atoms with Crippen molar-refractivity contribution < 1.29 is 24.1 Å². The van der Waals surface area contributed by atoms with E-state index in [1.54, 1.807) is 12.1 Å². The minimum absolute atomic E-state index is 0.0262. The number of amides is 1. The van der Waals surface area contributed by atoms with Gasteiger partial charge in [0.2, 0.25) is 0 Å². The number of aromatic nitrogens is 2. The van der Waals surface area contributed by atoms with E-state index in [0.29, 0.717) is 71.8 Å². The highest BCUT2D eigenvalue weighted by molar-refractivity contribution is 6.31. The lowest BCUT2D eigenvalue weighted by Crippen LogP contribution is -2.31. The Morgan fingerprint density at radius 1 is 1.05 bits per heavy atom. The number of fused-ring (bicyclic) bond motifs is 1. The number of rotatable bonds is 12. The number of nitrogens with zero attached hydrogens (tertiary/aromatic N) is 2. The highest BCUT2D eigenvalue weighted by Crippen LogP contribution is 2.46. The molecule has 5 rings (SSSR count). The first-order valence-corrected chi connectivity index (χ1v) is 14.2. The van der Waals surface area contributed by atoms with Crippen LogP contribution in [0.15, 0.2) is 66.7 Å². The molecule has 41 heavy (non-hydrogen) atoms. The number of benzene rings is 3. The standard InChI is InChI=1S/C32H34ClN3O5/c1-4-39-27-17-22(11-14-26(27)41-19-21-9-6-5-7-10-21)31-28-29(24-18-23(33)12-13-25(24)37)34-35-30(28)32(38)36(31)15-8-16-40-20(2)3/h5-7,9-14,17-18,20,31,37H,4,8,15-16,19H2,1-3H3,(H,34,35). The number of H-pyrrole nitrogens is 1. The van der Waals surface area contributed by atoms with E-state index in [9.17, 15) is 9.90 Å². The second-order valence-electron chi connectivity index (χ2n) is 10.1. The van der Waals surface area contributed by atoms with Gasteiger partial charge in [0.1, 0.15) is 23.7 Å². The van der Waals surface area contributed by atoms with Crippen molar-refractivity contribution in [2.75, 3.05) is 19.8 Å². The van der Waals surface area contributed by atoms with Crippen molar-refractivity contribution in [2.24, 2.45) is 0 Å². The molecule has 1 aliphatic heterocycles. The van der Waals surface area contributed by atoms with Gasteiger partial charge in [0.05, 0.1) is 18.8 Å². The third kappa shape index (κ3) is 6.19. The van der Waals surface area contributed by atoms with E-state index < -0.39 is 6.04 Å². The zero-order chi connectivity index (χ0) is 28.9. The van der Waals surface area contributed by atoms with Crippen LogP contribution in [0, 0.1) is 0 Å². The molecule has 1 amide bonds. The molecule has 9 heteroatoms. The summed E-state index contributed by atoms with van der Waals surface area (Å²) in [5.41, 5.74) is 3.87. The molecular formula is C32H34ClN3O5. The number of halogens is 1. The van der Waals surface area contributed by atoms with Crippen molar-refractivity contribution >= 4 is 17.5 Å². The summed E-state index contributed by atoms with van der Waals surface area (Å²) in [6.45, 7) is 7.73. The molecule has 2 N–H and O–H groups in total. The predicted molar refractivity (Wildman–Crippen MR) is 158 cm³/mol. The summed E-state index contributed by atoms with van der Waals surface area (Å²) in [4.78, 5) is 15.5. The molecule has 1 unspecified atom stereocenters. The summed E-state index contributed by atoms with van der Waals surface area (Å²) < 4.78 is 17.9. The van der Waals surface area contributed by atoms with E-state index in [0.717, 1.165) is 11.1 Å². The molecule has 0 saturated heterocycles. The molecule has 1 atom stereocenters. The molecule has 0 fully saturated rings. The fourth-order valence-electron chi connectivity index (χ4n) is 5.05. The Bertz CT molecular complexity index is 1500. The van der Waals surface area contributed by atoms with Gasteiger partial charge in [0, 0.05) is 29.3 Å². The Morgan fingerprint density at radius 2 is 1.85 bits per heavy atom. The van der Waals surface area contributed by atoms with Gasteiger partial charge < -0.3 is 24.2 Å². The molecule has 1 aromatic heterocycles. The molecule has 0 aliphatic carbocycles. The maximum atomic E-state index is 13.7. The molecule has 214 valence electrons. The van der Waals surface area contributed by atoms with E-state index >= 15 is 0 Å². The van der Waals surface area contributed by atoms with Crippen LogP contribution in [-0.4, -0.2) is 52.0 Å². The predicted octanol–water partition coefficient (Wildman–Crippen LogP) is 6.77. The Hall–Kier alpha value is -4.01. The van der Waals surface area contributed by atoms with Gasteiger partial charge in [-0.25, -0.2) is 0 Å². The van der Waals surface area contributed by atoms with Crippen molar-refractivity contribution in [3.63, 3.8) is 0 Å². The van der Waals surface area contributed by atoms with Gasteiger partial charge in [0.15, 0.2) is 11.5 Å². The van der Waals surface area contributed by atoms with Gasteiger partial charge in [-0.15, -0.1) is 0 Å². The minimum atomic E-state index is -0.480. The maximum absolute atomic E-state index is 13.7. The van der Waals surface area contributed by atoms with Crippen molar-refractivity contribution in [3.8, 4) is 28.5 Å². The van der Waals surface area contributed by atoms with E-state index in [4.69, 9.17) is 25.8 Å². The minimum Gasteiger partial charge on any atom is -0.507 e. The van der Waals surface area contributed by atoms with Crippen LogP contribution >= 0.6 is 11.6 Å². The lowest BCUT2D eigenvalue weighted by molar-refractivity contribution is 0.0601. The summed E-state index contributed by atoms with van der Waals surface area (Å²) in [5, 5.41) is 18.5. The number of ether oxygens (including phenoxy) is 3. The average Bonchev–Trinajstić information content (AvgIpc) is 3.51. The third-order valence-corrected chi connectivity index (χ3v) is 7.13. The second kappa shape index (κ2) is 12.7. The first-order valence-electron chi connectivity index (χ1n) is 13.8. The van der Waals surface area contributed by atoms with Gasteiger partial charge in [-0.3, -0.25) is 9.89 Å². The first-order chi connectivity index (χ1) is 19.9. The molecule has 0 saturated carbocycles. The SMILES string of the molecule is CCOc1cc(C2c3c(-c4cc(Cl)ccc4O)n[nH]c3C(=O)N2CCCOC(C)C)ccc1OCc1ccccc1. The van der Waals surface area contributed by atoms with Gasteiger partial charge in [-0.05, 0) is 68.7 Å². The highest BCUT2D eigenvalue weighted by atomic mass is 35.5.